The Morgan fingerprint density at radius 2 is 1.93 bits per heavy atom. The predicted molar refractivity (Wildman–Crippen MR) is 58.6 cm³/mol. The Labute approximate surface area is 84.3 Å². The first-order valence-corrected chi connectivity index (χ1v) is 4.75. The maximum absolute atomic E-state index is 4.10. The first-order valence-electron chi connectivity index (χ1n) is 4.75. The number of nitrogens with zero attached hydrogens (tertiary/aromatic N) is 2. The second-order valence-electron chi connectivity index (χ2n) is 2.92. The molecule has 3 N–H and O–H groups in total. The molecule has 0 saturated carbocycles. The van der Waals surface area contributed by atoms with Crippen LogP contribution in [0.2, 0.25) is 0 Å². The summed E-state index contributed by atoms with van der Waals surface area (Å²) in [7, 11) is 3.79. The van der Waals surface area contributed by atoms with Gasteiger partial charge in [0.1, 0.15) is 18.0 Å². The van der Waals surface area contributed by atoms with Gasteiger partial charge in [-0.2, -0.15) is 0 Å². The van der Waals surface area contributed by atoms with Crippen LogP contribution in [0.3, 0.4) is 0 Å². The molecule has 0 aliphatic heterocycles. The van der Waals surface area contributed by atoms with Crippen LogP contribution in [-0.4, -0.2) is 37.2 Å². The van der Waals surface area contributed by atoms with Gasteiger partial charge in [-0.15, -0.1) is 0 Å². The molecular weight excluding hydrogens is 178 g/mol. The van der Waals surface area contributed by atoms with E-state index < -0.39 is 0 Å². The molecule has 0 aromatic carbocycles. The number of rotatable bonds is 6. The summed E-state index contributed by atoms with van der Waals surface area (Å²) in [6.45, 7) is 1.93. The fourth-order valence-electron chi connectivity index (χ4n) is 1.07. The largest absolute Gasteiger partial charge is 0.373 e. The minimum atomic E-state index is 0.830. The third-order valence-corrected chi connectivity index (χ3v) is 1.83. The maximum Gasteiger partial charge on any atom is 0.131 e. The zero-order chi connectivity index (χ0) is 10.2. The summed E-state index contributed by atoms with van der Waals surface area (Å²) in [5, 5.41) is 9.28. The van der Waals surface area contributed by atoms with Crippen LogP contribution in [0, 0.1) is 0 Å². The number of aromatic nitrogens is 2. The van der Waals surface area contributed by atoms with Crippen LogP contribution in [-0.2, 0) is 0 Å². The second kappa shape index (κ2) is 6.15. The first kappa shape index (κ1) is 10.7. The van der Waals surface area contributed by atoms with Crippen LogP contribution in [0.4, 0.5) is 11.6 Å². The Hall–Kier alpha value is -1.36. The van der Waals surface area contributed by atoms with E-state index in [9.17, 15) is 0 Å². The van der Waals surface area contributed by atoms with E-state index in [4.69, 9.17) is 0 Å². The second-order valence-corrected chi connectivity index (χ2v) is 2.92. The van der Waals surface area contributed by atoms with Gasteiger partial charge in [-0.3, -0.25) is 0 Å². The van der Waals surface area contributed by atoms with Crippen molar-refractivity contribution in [2.24, 2.45) is 0 Å². The highest BCUT2D eigenvalue weighted by atomic mass is 15.1. The van der Waals surface area contributed by atoms with E-state index >= 15 is 0 Å². The molecule has 0 spiro atoms. The maximum atomic E-state index is 4.10. The van der Waals surface area contributed by atoms with Crippen molar-refractivity contribution in [3.63, 3.8) is 0 Å². The van der Waals surface area contributed by atoms with Gasteiger partial charge < -0.3 is 16.0 Å². The molecule has 1 rings (SSSR count). The zero-order valence-electron chi connectivity index (χ0n) is 8.67. The summed E-state index contributed by atoms with van der Waals surface area (Å²) < 4.78 is 0. The SMILES string of the molecule is CNCCCNc1cc(NC)ncn1. The smallest absolute Gasteiger partial charge is 0.131 e. The summed E-state index contributed by atoms with van der Waals surface area (Å²) in [6, 6.07) is 1.89. The predicted octanol–water partition coefficient (Wildman–Crippen LogP) is 0.540. The standard InChI is InChI=1S/C9H17N5/c1-10-4-3-5-12-9-6-8(11-2)13-7-14-9/h6-7,10H,3-5H2,1-2H3,(H2,11,12,13,14). The fourth-order valence-corrected chi connectivity index (χ4v) is 1.07. The number of hydrogen-bond acceptors (Lipinski definition) is 5. The Morgan fingerprint density at radius 1 is 1.14 bits per heavy atom. The van der Waals surface area contributed by atoms with E-state index in [1.807, 2.05) is 20.2 Å². The number of nitrogens with one attached hydrogen (secondary N) is 3. The molecule has 0 radical (unpaired) electrons. The minimum absolute atomic E-state index is 0.830. The molecule has 5 nitrogen and oxygen atoms in total. The summed E-state index contributed by atoms with van der Waals surface area (Å²) in [6.07, 6.45) is 2.63. The Kier molecular flexibility index (Phi) is 4.71. The number of hydrogen-bond donors (Lipinski definition) is 3. The summed E-state index contributed by atoms with van der Waals surface area (Å²) in [5.74, 6) is 1.69. The highest BCUT2D eigenvalue weighted by Crippen LogP contribution is 2.06. The lowest BCUT2D eigenvalue weighted by molar-refractivity contribution is 0.746. The molecule has 0 aliphatic carbocycles. The van der Waals surface area contributed by atoms with E-state index in [0.29, 0.717) is 0 Å². The molecule has 0 saturated heterocycles. The van der Waals surface area contributed by atoms with E-state index in [1.165, 1.54) is 0 Å². The van der Waals surface area contributed by atoms with Gasteiger partial charge in [0.05, 0.1) is 0 Å². The van der Waals surface area contributed by atoms with Gasteiger partial charge in [0.2, 0.25) is 0 Å². The molecule has 1 aromatic rings. The summed E-state index contributed by atoms with van der Waals surface area (Å²) in [4.78, 5) is 8.13. The summed E-state index contributed by atoms with van der Waals surface area (Å²) >= 11 is 0. The van der Waals surface area contributed by atoms with Crippen LogP contribution >= 0.6 is 0 Å². The monoisotopic (exact) mass is 195 g/mol. The van der Waals surface area contributed by atoms with Crippen molar-refractivity contribution < 1.29 is 0 Å². The van der Waals surface area contributed by atoms with Crippen LogP contribution in [0.1, 0.15) is 6.42 Å². The van der Waals surface area contributed by atoms with Crippen molar-refractivity contribution >= 4 is 11.6 Å². The normalized spacial score (nSPS) is 9.86. The van der Waals surface area contributed by atoms with Gasteiger partial charge in [0.15, 0.2) is 0 Å². The van der Waals surface area contributed by atoms with Crippen molar-refractivity contribution in [3.8, 4) is 0 Å². The van der Waals surface area contributed by atoms with E-state index in [2.05, 4.69) is 25.9 Å². The molecule has 0 bridgehead atoms. The fraction of sp³-hybridized carbons (Fsp3) is 0.556. The topological polar surface area (TPSA) is 61.9 Å². The van der Waals surface area contributed by atoms with Gasteiger partial charge in [-0.05, 0) is 20.0 Å². The lowest BCUT2D eigenvalue weighted by atomic mass is 10.4. The highest BCUT2D eigenvalue weighted by Gasteiger charge is 1.95. The molecule has 0 unspecified atom stereocenters. The van der Waals surface area contributed by atoms with Crippen LogP contribution < -0.4 is 16.0 Å². The van der Waals surface area contributed by atoms with Crippen molar-refractivity contribution in [1.29, 1.82) is 0 Å². The van der Waals surface area contributed by atoms with Gasteiger partial charge in [0, 0.05) is 19.7 Å². The van der Waals surface area contributed by atoms with Crippen LogP contribution in [0.25, 0.3) is 0 Å². The van der Waals surface area contributed by atoms with Gasteiger partial charge in [-0.1, -0.05) is 0 Å². The molecule has 14 heavy (non-hydrogen) atoms. The van der Waals surface area contributed by atoms with Gasteiger partial charge >= 0.3 is 0 Å². The molecule has 0 amide bonds. The van der Waals surface area contributed by atoms with E-state index in [1.54, 1.807) is 6.33 Å². The third-order valence-electron chi connectivity index (χ3n) is 1.83. The summed E-state index contributed by atoms with van der Waals surface area (Å²) in [5.41, 5.74) is 0. The van der Waals surface area contributed by atoms with Crippen molar-refractivity contribution in [2.45, 2.75) is 6.42 Å². The average molecular weight is 195 g/mol. The molecule has 0 atom stereocenters. The average Bonchev–Trinajstić information content (AvgIpc) is 2.25. The Morgan fingerprint density at radius 3 is 2.64 bits per heavy atom. The number of anilines is 2. The van der Waals surface area contributed by atoms with E-state index in [-0.39, 0.29) is 0 Å². The van der Waals surface area contributed by atoms with Gasteiger partial charge in [-0.25, -0.2) is 9.97 Å². The molecule has 1 aromatic heterocycles. The van der Waals surface area contributed by atoms with E-state index in [0.717, 1.165) is 31.1 Å². The first-order chi connectivity index (χ1) is 6.86. The van der Waals surface area contributed by atoms with Crippen molar-refractivity contribution in [3.05, 3.63) is 12.4 Å². The zero-order valence-corrected chi connectivity index (χ0v) is 8.67. The quantitative estimate of drug-likeness (QED) is 0.578. The minimum Gasteiger partial charge on any atom is -0.373 e. The van der Waals surface area contributed by atoms with Crippen molar-refractivity contribution in [1.82, 2.24) is 15.3 Å². The molecule has 1 heterocycles. The lowest BCUT2D eigenvalue weighted by Crippen LogP contribution is -2.13. The van der Waals surface area contributed by atoms with Gasteiger partial charge in [0.25, 0.3) is 0 Å². The highest BCUT2D eigenvalue weighted by molar-refractivity contribution is 5.45. The van der Waals surface area contributed by atoms with Crippen molar-refractivity contribution in [2.75, 3.05) is 37.8 Å². The molecule has 78 valence electrons. The lowest BCUT2D eigenvalue weighted by Gasteiger charge is -2.05. The molecule has 0 fully saturated rings. The Bertz CT molecular complexity index is 263. The molecular formula is C9H17N5. The van der Waals surface area contributed by atoms with Crippen LogP contribution in [0.5, 0.6) is 0 Å². The molecule has 5 heteroatoms. The third kappa shape index (κ3) is 3.57. The Balaban J connectivity index is 2.34. The molecule has 0 aliphatic rings. The van der Waals surface area contributed by atoms with Crippen LogP contribution in [0.15, 0.2) is 12.4 Å².